The molecule has 0 saturated carbocycles. The van der Waals surface area contributed by atoms with Crippen LogP contribution in [0.15, 0.2) is 76.9 Å². The maximum Gasteiger partial charge on any atom is 0.245 e. The van der Waals surface area contributed by atoms with Crippen LogP contribution < -0.4 is 0 Å². The number of methoxy groups -OCH3 is 1. The zero-order valence-corrected chi connectivity index (χ0v) is 20.6. The Morgan fingerprint density at radius 1 is 1.19 bits per heavy atom. The van der Waals surface area contributed by atoms with E-state index in [1.807, 2.05) is 25.1 Å². The molecule has 0 spiro atoms. The molecular weight excluding hydrogens is 404 g/mol. The van der Waals surface area contributed by atoms with Crippen molar-refractivity contribution in [3.05, 3.63) is 82.5 Å². The number of benzene rings is 1. The smallest absolute Gasteiger partial charge is 0.245 e. The summed E-state index contributed by atoms with van der Waals surface area (Å²) in [6.45, 7) is 11.0. The molecule has 1 aliphatic carbocycles. The highest BCUT2D eigenvalue weighted by atomic mass is 32.2. The van der Waals surface area contributed by atoms with Gasteiger partial charge in [0.25, 0.3) is 0 Å². The second kappa shape index (κ2) is 11.4. The number of rotatable bonds is 7. The first-order valence-electron chi connectivity index (χ1n) is 10.9. The predicted octanol–water partition coefficient (Wildman–Crippen LogP) is 6.79. The molecule has 1 unspecified atom stereocenters. The summed E-state index contributed by atoms with van der Waals surface area (Å²) >= 11 is 0. The van der Waals surface area contributed by atoms with Crippen molar-refractivity contribution in [2.24, 2.45) is 5.41 Å². The monoisotopic (exact) mass is 440 g/mol. The van der Waals surface area contributed by atoms with E-state index >= 15 is 0 Å². The summed E-state index contributed by atoms with van der Waals surface area (Å²) in [6.07, 6.45) is 12.8. The van der Waals surface area contributed by atoms with Crippen molar-refractivity contribution < 1.29 is 13.2 Å². The highest BCUT2D eigenvalue weighted by Crippen LogP contribution is 2.40. The lowest BCUT2D eigenvalue weighted by atomic mass is 9.72. The van der Waals surface area contributed by atoms with Crippen molar-refractivity contribution in [1.82, 2.24) is 0 Å². The lowest BCUT2D eigenvalue weighted by molar-refractivity contribution is 0.377. The van der Waals surface area contributed by atoms with Gasteiger partial charge in [-0.2, -0.15) is 8.42 Å². The van der Waals surface area contributed by atoms with Gasteiger partial charge in [0.15, 0.2) is 5.05 Å². The second-order valence-electron chi connectivity index (χ2n) is 9.15. The minimum atomic E-state index is -2.37. The van der Waals surface area contributed by atoms with Crippen LogP contribution >= 0.6 is 0 Å². The summed E-state index contributed by atoms with van der Waals surface area (Å²) in [5.74, 6) is 0.148. The molecule has 2 rings (SSSR count). The topological polar surface area (TPSA) is 43.4 Å². The summed E-state index contributed by atoms with van der Waals surface area (Å²) in [5, 5.41) is -0.0353. The Labute approximate surface area is 189 Å². The van der Waals surface area contributed by atoms with Gasteiger partial charge in [0, 0.05) is 13.0 Å². The lowest BCUT2D eigenvalue weighted by Gasteiger charge is -2.33. The Morgan fingerprint density at radius 3 is 2.45 bits per heavy atom. The zero-order chi connectivity index (χ0) is 23.0. The van der Waals surface area contributed by atoms with Crippen LogP contribution in [0, 0.1) is 5.41 Å². The average Bonchev–Trinajstić information content (AvgIpc) is 2.71. The Hall–Kier alpha value is -2.17. The molecule has 4 heteroatoms. The van der Waals surface area contributed by atoms with Gasteiger partial charge in [-0.15, -0.1) is 0 Å². The number of hydrogen-bond donors (Lipinski definition) is 0. The van der Waals surface area contributed by atoms with Crippen LogP contribution in [-0.2, 0) is 15.0 Å². The van der Waals surface area contributed by atoms with E-state index in [0.717, 1.165) is 5.57 Å². The van der Waals surface area contributed by atoms with Crippen LogP contribution in [0.4, 0.5) is 0 Å². The quantitative estimate of drug-likeness (QED) is 0.266. The standard InChI is InChI=1S/C27H36O3S/c1-20(14-15-25-22(3)11-10-16-27(25,4)5)17-24(23-12-8-7-9-13-23)18-21(2)19-26(30-6)31(28)29/h7-9,12-15,17,19,24H,10-11,16,18H2,1-6H3. The first kappa shape index (κ1) is 25.1. The van der Waals surface area contributed by atoms with Crippen LogP contribution in [0.2, 0.25) is 0 Å². The number of ether oxygens (including phenoxy) is 1. The summed E-state index contributed by atoms with van der Waals surface area (Å²) in [7, 11) is -0.998. The van der Waals surface area contributed by atoms with Gasteiger partial charge in [0.2, 0.25) is 10.3 Å². The van der Waals surface area contributed by atoms with Crippen LogP contribution in [0.1, 0.15) is 71.8 Å². The molecule has 168 valence electrons. The van der Waals surface area contributed by atoms with Gasteiger partial charge in [0.05, 0.1) is 0 Å². The van der Waals surface area contributed by atoms with Gasteiger partial charge in [-0.1, -0.05) is 79.1 Å². The van der Waals surface area contributed by atoms with Gasteiger partial charge in [-0.3, -0.25) is 0 Å². The molecule has 1 aromatic carbocycles. The molecule has 0 bridgehead atoms. The lowest BCUT2D eigenvalue weighted by Crippen LogP contribution is -2.19. The molecule has 0 aliphatic heterocycles. The van der Waals surface area contributed by atoms with Gasteiger partial charge in [0.1, 0.15) is 0 Å². The van der Waals surface area contributed by atoms with E-state index in [4.69, 9.17) is 4.74 Å². The van der Waals surface area contributed by atoms with Crippen molar-refractivity contribution in [3.63, 3.8) is 0 Å². The molecule has 0 aromatic heterocycles. The number of allylic oxidation sites excluding steroid dienone is 7. The minimum Gasteiger partial charge on any atom is -0.335 e. The van der Waals surface area contributed by atoms with Crippen molar-refractivity contribution >= 4 is 15.3 Å². The molecule has 0 N–H and O–H groups in total. The molecular formula is C27H36O3S. The predicted molar refractivity (Wildman–Crippen MR) is 132 cm³/mol. The van der Waals surface area contributed by atoms with E-state index in [-0.39, 0.29) is 16.4 Å². The minimum absolute atomic E-state index is 0.0353. The van der Waals surface area contributed by atoms with Crippen LogP contribution in [-0.4, -0.2) is 20.6 Å². The van der Waals surface area contributed by atoms with E-state index in [1.165, 1.54) is 48.7 Å². The third kappa shape index (κ3) is 7.48. The van der Waals surface area contributed by atoms with Gasteiger partial charge in [-0.25, -0.2) is 0 Å². The summed E-state index contributed by atoms with van der Waals surface area (Å²) in [6, 6.07) is 10.3. The maximum atomic E-state index is 11.3. The Morgan fingerprint density at radius 2 is 1.87 bits per heavy atom. The van der Waals surface area contributed by atoms with Crippen molar-refractivity contribution in [2.45, 2.75) is 66.2 Å². The molecule has 31 heavy (non-hydrogen) atoms. The van der Waals surface area contributed by atoms with E-state index in [0.29, 0.717) is 6.42 Å². The van der Waals surface area contributed by atoms with Crippen LogP contribution in [0.5, 0.6) is 0 Å². The van der Waals surface area contributed by atoms with Gasteiger partial charge in [-0.05, 0) is 69.1 Å². The SMILES string of the molecule is COC(C=C(C)CC(C=C(C)C=CC1=C(C)CCCC1(C)C)c1ccccc1)=S(=O)=O. The summed E-state index contributed by atoms with van der Waals surface area (Å²) < 4.78 is 27.5. The molecule has 0 heterocycles. The van der Waals surface area contributed by atoms with Crippen molar-refractivity contribution in [2.75, 3.05) is 7.11 Å². The highest BCUT2D eigenvalue weighted by molar-refractivity contribution is 7.73. The van der Waals surface area contributed by atoms with E-state index in [1.54, 1.807) is 6.08 Å². The fourth-order valence-electron chi connectivity index (χ4n) is 4.35. The molecule has 0 radical (unpaired) electrons. The second-order valence-corrected chi connectivity index (χ2v) is 10.0. The molecule has 1 aliphatic rings. The normalized spacial score (nSPS) is 18.4. The molecule has 3 nitrogen and oxygen atoms in total. The van der Waals surface area contributed by atoms with Crippen molar-refractivity contribution in [1.29, 1.82) is 0 Å². The van der Waals surface area contributed by atoms with Crippen LogP contribution in [0.3, 0.4) is 0 Å². The van der Waals surface area contributed by atoms with E-state index in [9.17, 15) is 8.42 Å². The van der Waals surface area contributed by atoms with Crippen molar-refractivity contribution in [3.8, 4) is 0 Å². The third-order valence-electron chi connectivity index (χ3n) is 6.02. The molecule has 1 aromatic rings. The van der Waals surface area contributed by atoms with Crippen LogP contribution in [0.25, 0.3) is 0 Å². The maximum absolute atomic E-state index is 11.3. The first-order chi connectivity index (χ1) is 14.6. The average molecular weight is 441 g/mol. The molecule has 0 saturated heterocycles. The van der Waals surface area contributed by atoms with E-state index in [2.05, 4.69) is 58.1 Å². The largest absolute Gasteiger partial charge is 0.335 e. The van der Waals surface area contributed by atoms with E-state index < -0.39 is 10.3 Å². The summed E-state index contributed by atoms with van der Waals surface area (Å²) in [5.41, 5.74) is 6.53. The van der Waals surface area contributed by atoms with Gasteiger partial charge < -0.3 is 4.74 Å². The molecule has 0 amide bonds. The first-order valence-corrected chi connectivity index (χ1v) is 12.0. The number of hydrogen-bond acceptors (Lipinski definition) is 3. The molecule has 0 fully saturated rings. The summed E-state index contributed by atoms with van der Waals surface area (Å²) in [4.78, 5) is 0. The fourth-order valence-corrected chi connectivity index (χ4v) is 4.79. The Kier molecular flexibility index (Phi) is 9.27. The van der Waals surface area contributed by atoms with Gasteiger partial charge >= 0.3 is 0 Å². The Balaban J connectivity index is 2.34. The highest BCUT2D eigenvalue weighted by Gasteiger charge is 2.26. The zero-order valence-electron chi connectivity index (χ0n) is 19.7. The third-order valence-corrected chi connectivity index (χ3v) is 6.63. The Bertz CT molecular complexity index is 1010. The molecule has 1 atom stereocenters. The fraction of sp³-hybridized carbons (Fsp3) is 0.444.